The molecule has 0 aromatic heterocycles. The number of likely N-dealkylation sites (N-methyl/N-ethyl adjacent to an activating group) is 1. The zero-order valence-corrected chi connectivity index (χ0v) is 16.2. The van der Waals surface area contributed by atoms with Crippen molar-refractivity contribution in [2.24, 2.45) is 5.73 Å². The van der Waals surface area contributed by atoms with Crippen molar-refractivity contribution in [3.05, 3.63) is 35.9 Å². The number of carbonyl (C=O) groups excluding carboxylic acids is 4. The number of amides is 4. The molecule has 0 saturated carbocycles. The first-order valence-electron chi connectivity index (χ1n) is 8.78. The van der Waals surface area contributed by atoms with Crippen molar-refractivity contribution in [3.8, 4) is 0 Å². The van der Waals surface area contributed by atoms with Gasteiger partial charge in [0.25, 0.3) is 0 Å². The quantitative estimate of drug-likeness (QED) is 0.363. The van der Waals surface area contributed by atoms with E-state index in [-0.39, 0.29) is 19.1 Å². The Hall–Kier alpha value is -3.14. The molecule has 1 rings (SSSR count). The summed E-state index contributed by atoms with van der Waals surface area (Å²) < 4.78 is 5.04. The third kappa shape index (κ3) is 7.62. The molecule has 0 radical (unpaired) electrons. The van der Waals surface area contributed by atoms with Crippen LogP contribution in [-0.4, -0.2) is 55.5 Å². The molecule has 10 nitrogen and oxygen atoms in total. The predicted octanol–water partition coefficient (Wildman–Crippen LogP) is -1.00. The monoisotopic (exact) mass is 393 g/mol. The van der Waals surface area contributed by atoms with E-state index in [1.807, 2.05) is 18.2 Å². The lowest BCUT2D eigenvalue weighted by Crippen LogP contribution is -2.57. The number of carbonyl (C=O) groups is 4. The molecule has 154 valence electrons. The van der Waals surface area contributed by atoms with Gasteiger partial charge >= 0.3 is 6.09 Å². The third-order valence-corrected chi connectivity index (χ3v) is 3.81. The lowest BCUT2D eigenvalue weighted by atomic mass is 10.2. The van der Waals surface area contributed by atoms with Crippen LogP contribution in [0, 0.1) is 0 Å². The van der Waals surface area contributed by atoms with Gasteiger partial charge in [-0.2, -0.15) is 0 Å². The van der Waals surface area contributed by atoms with Crippen LogP contribution in [0.25, 0.3) is 0 Å². The van der Waals surface area contributed by atoms with Crippen LogP contribution in [0.3, 0.4) is 0 Å². The second kappa shape index (κ2) is 11.5. The fourth-order valence-electron chi connectivity index (χ4n) is 2.13. The first-order valence-corrected chi connectivity index (χ1v) is 8.78. The average molecular weight is 393 g/mol. The van der Waals surface area contributed by atoms with Gasteiger partial charge in [0.05, 0.1) is 0 Å². The highest BCUT2D eigenvalue weighted by atomic mass is 16.5. The molecule has 0 aliphatic heterocycles. The molecule has 3 atom stereocenters. The Morgan fingerprint density at radius 2 is 1.54 bits per heavy atom. The van der Waals surface area contributed by atoms with Gasteiger partial charge in [-0.25, -0.2) is 4.79 Å². The minimum atomic E-state index is -1.05. The average Bonchev–Trinajstić information content (AvgIpc) is 2.69. The summed E-state index contributed by atoms with van der Waals surface area (Å²) in [6.07, 6.45) is -0.770. The summed E-state index contributed by atoms with van der Waals surface area (Å²) >= 11 is 0. The molecule has 6 N–H and O–H groups in total. The molecule has 0 aliphatic rings. The van der Waals surface area contributed by atoms with Crippen LogP contribution in [0.5, 0.6) is 0 Å². The van der Waals surface area contributed by atoms with E-state index in [2.05, 4.69) is 21.3 Å². The minimum absolute atomic E-state index is 0.0617. The molecule has 0 saturated heterocycles. The fourth-order valence-corrected chi connectivity index (χ4v) is 2.13. The van der Waals surface area contributed by atoms with Gasteiger partial charge in [0.2, 0.25) is 17.7 Å². The molecular formula is C18H27N5O5. The molecule has 0 heterocycles. The Labute approximate surface area is 163 Å². The number of alkyl carbamates (subject to hydrolysis) is 1. The van der Waals surface area contributed by atoms with E-state index in [1.165, 1.54) is 20.9 Å². The Morgan fingerprint density at radius 1 is 0.929 bits per heavy atom. The van der Waals surface area contributed by atoms with Crippen molar-refractivity contribution in [1.82, 2.24) is 21.3 Å². The molecule has 0 aliphatic carbocycles. The second-order valence-electron chi connectivity index (χ2n) is 6.07. The molecule has 4 amide bonds. The molecule has 3 unspecified atom stereocenters. The van der Waals surface area contributed by atoms with Crippen LogP contribution in [0.2, 0.25) is 0 Å². The Bertz CT molecular complexity index is 682. The molecular weight excluding hydrogens is 366 g/mol. The summed E-state index contributed by atoms with van der Waals surface area (Å²) in [6.45, 7) is 2.83. The van der Waals surface area contributed by atoms with Gasteiger partial charge in [-0.05, 0) is 19.4 Å². The summed E-state index contributed by atoms with van der Waals surface area (Å²) in [5.74, 6) is -1.60. The van der Waals surface area contributed by atoms with Crippen LogP contribution in [0.4, 0.5) is 4.79 Å². The van der Waals surface area contributed by atoms with Crippen molar-refractivity contribution >= 4 is 23.8 Å². The van der Waals surface area contributed by atoms with E-state index in [0.717, 1.165) is 5.56 Å². The largest absolute Gasteiger partial charge is 0.445 e. The van der Waals surface area contributed by atoms with Gasteiger partial charge in [0, 0.05) is 13.6 Å². The summed E-state index contributed by atoms with van der Waals surface area (Å²) in [4.78, 5) is 47.6. The predicted molar refractivity (Wildman–Crippen MR) is 102 cm³/mol. The number of hydrogen-bond donors (Lipinski definition) is 5. The molecule has 1 aromatic rings. The van der Waals surface area contributed by atoms with E-state index >= 15 is 0 Å². The lowest BCUT2D eigenvalue weighted by molar-refractivity contribution is -0.131. The van der Waals surface area contributed by atoms with Crippen molar-refractivity contribution in [2.45, 2.75) is 38.6 Å². The molecule has 0 fully saturated rings. The van der Waals surface area contributed by atoms with Gasteiger partial charge < -0.3 is 31.7 Å². The zero-order chi connectivity index (χ0) is 21.1. The van der Waals surface area contributed by atoms with Gasteiger partial charge in [0.1, 0.15) is 24.7 Å². The number of ether oxygens (including phenoxy) is 1. The summed E-state index contributed by atoms with van der Waals surface area (Å²) in [7, 11) is 1.44. The molecule has 0 spiro atoms. The van der Waals surface area contributed by atoms with E-state index in [4.69, 9.17) is 10.5 Å². The van der Waals surface area contributed by atoms with E-state index in [9.17, 15) is 19.2 Å². The van der Waals surface area contributed by atoms with Crippen LogP contribution in [-0.2, 0) is 25.7 Å². The Morgan fingerprint density at radius 3 is 2.11 bits per heavy atom. The standard InChI is InChI=1S/C18H27N5O5/c1-11(15(24)20-3)21-17(26)14(9-19)23-16(25)12(2)22-18(27)28-10-13-7-5-4-6-8-13/h4-8,11-12,14H,9-10,19H2,1-3H3,(H,20,24)(H,21,26)(H,22,27)(H,23,25). The second-order valence-corrected chi connectivity index (χ2v) is 6.07. The van der Waals surface area contributed by atoms with Crippen LogP contribution < -0.4 is 27.0 Å². The van der Waals surface area contributed by atoms with Gasteiger partial charge in [-0.1, -0.05) is 30.3 Å². The minimum Gasteiger partial charge on any atom is -0.445 e. The van der Waals surface area contributed by atoms with Gasteiger partial charge in [-0.15, -0.1) is 0 Å². The summed E-state index contributed by atoms with van der Waals surface area (Å²) in [6, 6.07) is 6.28. The van der Waals surface area contributed by atoms with Crippen molar-refractivity contribution in [1.29, 1.82) is 0 Å². The highest BCUT2D eigenvalue weighted by Crippen LogP contribution is 2.01. The number of hydrogen-bond acceptors (Lipinski definition) is 6. The molecule has 28 heavy (non-hydrogen) atoms. The Kier molecular flexibility index (Phi) is 9.44. The SMILES string of the molecule is CNC(=O)C(C)NC(=O)C(CN)NC(=O)C(C)NC(=O)OCc1ccccc1. The van der Waals surface area contributed by atoms with Crippen molar-refractivity contribution in [2.75, 3.05) is 13.6 Å². The Balaban J connectivity index is 2.48. The van der Waals surface area contributed by atoms with E-state index in [1.54, 1.807) is 12.1 Å². The smallest absolute Gasteiger partial charge is 0.408 e. The lowest BCUT2D eigenvalue weighted by Gasteiger charge is -2.21. The summed E-state index contributed by atoms with van der Waals surface area (Å²) in [5, 5.41) is 9.65. The normalized spacial score (nSPS) is 13.4. The van der Waals surface area contributed by atoms with Gasteiger partial charge in [0.15, 0.2) is 0 Å². The topological polar surface area (TPSA) is 152 Å². The molecule has 0 bridgehead atoms. The fraction of sp³-hybridized carbons (Fsp3) is 0.444. The number of rotatable bonds is 9. The van der Waals surface area contributed by atoms with Crippen LogP contribution in [0.1, 0.15) is 19.4 Å². The number of benzene rings is 1. The third-order valence-electron chi connectivity index (χ3n) is 3.81. The maximum atomic E-state index is 12.2. The van der Waals surface area contributed by atoms with Gasteiger partial charge in [-0.3, -0.25) is 14.4 Å². The van der Waals surface area contributed by atoms with Crippen molar-refractivity contribution in [3.63, 3.8) is 0 Å². The maximum absolute atomic E-state index is 12.2. The van der Waals surface area contributed by atoms with E-state index in [0.29, 0.717) is 0 Å². The number of nitrogens with one attached hydrogen (secondary N) is 4. The first kappa shape index (κ1) is 22.9. The highest BCUT2D eigenvalue weighted by molar-refractivity contribution is 5.93. The van der Waals surface area contributed by atoms with E-state index < -0.39 is 36.0 Å². The van der Waals surface area contributed by atoms with Crippen LogP contribution >= 0.6 is 0 Å². The number of nitrogens with two attached hydrogens (primary N) is 1. The van der Waals surface area contributed by atoms with Crippen LogP contribution in [0.15, 0.2) is 30.3 Å². The molecule has 10 heteroatoms. The highest BCUT2D eigenvalue weighted by Gasteiger charge is 2.25. The maximum Gasteiger partial charge on any atom is 0.408 e. The summed E-state index contributed by atoms with van der Waals surface area (Å²) in [5.41, 5.74) is 6.34. The zero-order valence-electron chi connectivity index (χ0n) is 16.2. The first-order chi connectivity index (χ1) is 13.3. The van der Waals surface area contributed by atoms with Crippen molar-refractivity contribution < 1.29 is 23.9 Å². The molecule has 1 aromatic carbocycles.